The maximum atomic E-state index is 13.1. The molecule has 0 aliphatic carbocycles. The Kier molecular flexibility index (Phi) is 5.67. The summed E-state index contributed by atoms with van der Waals surface area (Å²) >= 11 is 0. The number of esters is 1. The van der Waals surface area contributed by atoms with Crippen LogP contribution in [0.3, 0.4) is 0 Å². The first-order chi connectivity index (χ1) is 14.1. The van der Waals surface area contributed by atoms with E-state index in [-0.39, 0.29) is 22.6 Å². The summed E-state index contributed by atoms with van der Waals surface area (Å²) in [6.07, 6.45) is -2.25. The van der Waals surface area contributed by atoms with Gasteiger partial charge in [-0.15, -0.1) is 0 Å². The normalized spacial score (nSPS) is 11.2. The second kappa shape index (κ2) is 8.19. The molecule has 0 radical (unpaired) electrons. The fourth-order valence-corrected chi connectivity index (χ4v) is 2.46. The molecule has 0 bridgehead atoms. The lowest BCUT2D eigenvalue weighted by atomic mass is 10.1. The van der Waals surface area contributed by atoms with Gasteiger partial charge in [-0.2, -0.15) is 18.3 Å². The number of rotatable bonds is 5. The molecular formula is C18H13F4N5O3. The van der Waals surface area contributed by atoms with E-state index >= 15 is 0 Å². The van der Waals surface area contributed by atoms with Crippen LogP contribution in [0.2, 0.25) is 0 Å². The zero-order chi connectivity index (χ0) is 21.9. The first-order valence-corrected chi connectivity index (χ1v) is 8.23. The largest absolute Gasteiger partial charge is 0.452 e. The molecule has 3 aromatic rings. The minimum Gasteiger partial charge on any atom is -0.452 e. The second-order valence-electron chi connectivity index (χ2n) is 5.93. The molecular weight excluding hydrogens is 410 g/mol. The molecule has 3 N–H and O–H groups in total. The van der Waals surface area contributed by atoms with Crippen molar-refractivity contribution in [2.75, 3.05) is 17.7 Å². The van der Waals surface area contributed by atoms with Crippen LogP contribution in [0.5, 0.6) is 0 Å². The molecule has 1 heterocycles. The number of ether oxygens (including phenoxy) is 1. The molecule has 8 nitrogen and oxygen atoms in total. The Hall–Kier alpha value is -3.96. The predicted molar refractivity (Wildman–Crippen MR) is 96.1 cm³/mol. The molecule has 12 heteroatoms. The molecule has 156 valence electrons. The number of anilines is 2. The van der Waals surface area contributed by atoms with Gasteiger partial charge < -0.3 is 15.8 Å². The summed E-state index contributed by atoms with van der Waals surface area (Å²) in [6.45, 7) is -0.817. The van der Waals surface area contributed by atoms with Gasteiger partial charge in [0.05, 0.1) is 22.5 Å². The first kappa shape index (κ1) is 20.8. The number of benzene rings is 2. The van der Waals surface area contributed by atoms with Crippen molar-refractivity contribution in [1.82, 2.24) is 14.8 Å². The molecule has 0 atom stereocenters. The predicted octanol–water partition coefficient (Wildman–Crippen LogP) is 2.80. The average Bonchev–Trinajstić information content (AvgIpc) is 3.20. The number of halogens is 4. The van der Waals surface area contributed by atoms with Gasteiger partial charge in [-0.05, 0) is 36.4 Å². The highest BCUT2D eigenvalue weighted by atomic mass is 19.4. The molecule has 2 aromatic carbocycles. The highest BCUT2D eigenvalue weighted by Gasteiger charge is 2.31. The number of carbonyl (C=O) groups excluding carboxylic acids is 2. The van der Waals surface area contributed by atoms with E-state index in [0.717, 1.165) is 41.3 Å². The quantitative estimate of drug-likeness (QED) is 0.371. The number of nitrogens with zero attached hydrogens (tertiary/aromatic N) is 3. The van der Waals surface area contributed by atoms with Crippen LogP contribution in [0, 0.1) is 5.82 Å². The Morgan fingerprint density at radius 3 is 2.57 bits per heavy atom. The Morgan fingerprint density at radius 1 is 1.17 bits per heavy atom. The van der Waals surface area contributed by atoms with E-state index in [1.807, 2.05) is 0 Å². The smallest absolute Gasteiger partial charge is 0.416 e. The van der Waals surface area contributed by atoms with Crippen LogP contribution in [0.25, 0.3) is 5.69 Å². The Balaban J connectivity index is 1.76. The Morgan fingerprint density at radius 2 is 1.93 bits per heavy atom. The van der Waals surface area contributed by atoms with E-state index in [9.17, 15) is 27.2 Å². The lowest BCUT2D eigenvalue weighted by Gasteiger charge is -2.14. The Labute approximate surface area is 166 Å². The van der Waals surface area contributed by atoms with Gasteiger partial charge in [0, 0.05) is 5.69 Å². The van der Waals surface area contributed by atoms with Crippen molar-refractivity contribution in [3.8, 4) is 5.69 Å². The van der Waals surface area contributed by atoms with E-state index in [0.29, 0.717) is 6.07 Å². The van der Waals surface area contributed by atoms with Gasteiger partial charge in [-0.25, -0.2) is 18.9 Å². The number of hydrogen-bond acceptors (Lipinski definition) is 6. The number of carbonyl (C=O) groups is 2. The minimum atomic E-state index is -4.65. The third-order valence-corrected chi connectivity index (χ3v) is 3.83. The van der Waals surface area contributed by atoms with Gasteiger partial charge >= 0.3 is 12.1 Å². The van der Waals surface area contributed by atoms with E-state index < -0.39 is 36.0 Å². The maximum absolute atomic E-state index is 13.1. The van der Waals surface area contributed by atoms with Gasteiger partial charge in [-0.3, -0.25) is 4.79 Å². The number of amides is 1. The van der Waals surface area contributed by atoms with Crippen LogP contribution in [-0.4, -0.2) is 33.2 Å². The molecule has 1 amide bonds. The van der Waals surface area contributed by atoms with Crippen LogP contribution in [0.15, 0.2) is 49.1 Å². The molecule has 3 rings (SSSR count). The lowest BCUT2D eigenvalue weighted by Crippen LogP contribution is -2.22. The van der Waals surface area contributed by atoms with Crippen LogP contribution in [-0.2, 0) is 15.7 Å². The third-order valence-electron chi connectivity index (χ3n) is 3.83. The summed E-state index contributed by atoms with van der Waals surface area (Å²) in [4.78, 5) is 27.9. The second-order valence-corrected chi connectivity index (χ2v) is 5.93. The van der Waals surface area contributed by atoms with Crippen molar-refractivity contribution < 1.29 is 31.9 Å². The number of alkyl halides is 3. The summed E-state index contributed by atoms with van der Waals surface area (Å²) in [5.41, 5.74) is 4.06. The minimum absolute atomic E-state index is 0.114. The monoisotopic (exact) mass is 423 g/mol. The molecule has 0 fully saturated rings. The number of nitrogen functional groups attached to an aromatic ring is 1. The van der Waals surface area contributed by atoms with Gasteiger partial charge in [-0.1, -0.05) is 0 Å². The van der Waals surface area contributed by atoms with Crippen LogP contribution in [0.1, 0.15) is 15.9 Å². The number of nitrogens with two attached hydrogens (primary N) is 1. The summed E-state index contributed by atoms with van der Waals surface area (Å²) in [6, 6.07) is 5.63. The SMILES string of the molecule is Nc1cc(F)ccc1C(=O)OCC(=O)Nc1cc(C(F)(F)F)ccc1-n1cncn1. The van der Waals surface area contributed by atoms with Crippen molar-refractivity contribution in [3.63, 3.8) is 0 Å². The van der Waals surface area contributed by atoms with E-state index in [1.54, 1.807) is 0 Å². The molecule has 0 saturated heterocycles. The maximum Gasteiger partial charge on any atom is 0.416 e. The first-order valence-electron chi connectivity index (χ1n) is 8.23. The molecule has 1 aromatic heterocycles. The number of aromatic nitrogens is 3. The molecule has 0 aliphatic rings. The average molecular weight is 423 g/mol. The molecule has 0 saturated carbocycles. The van der Waals surface area contributed by atoms with Crippen molar-refractivity contribution in [2.24, 2.45) is 0 Å². The highest BCUT2D eigenvalue weighted by Crippen LogP contribution is 2.33. The van der Waals surface area contributed by atoms with Crippen molar-refractivity contribution in [3.05, 3.63) is 66.0 Å². The molecule has 30 heavy (non-hydrogen) atoms. The van der Waals surface area contributed by atoms with Crippen LogP contribution < -0.4 is 11.1 Å². The van der Waals surface area contributed by atoms with Crippen molar-refractivity contribution in [2.45, 2.75) is 6.18 Å². The van der Waals surface area contributed by atoms with E-state index in [4.69, 9.17) is 10.5 Å². The van der Waals surface area contributed by atoms with Gasteiger partial charge in [0.25, 0.3) is 5.91 Å². The van der Waals surface area contributed by atoms with E-state index in [2.05, 4.69) is 15.4 Å². The number of hydrogen-bond donors (Lipinski definition) is 2. The fraction of sp³-hybridized carbons (Fsp3) is 0.111. The van der Waals surface area contributed by atoms with E-state index in [1.165, 1.54) is 6.33 Å². The lowest BCUT2D eigenvalue weighted by molar-refractivity contribution is -0.137. The summed E-state index contributed by atoms with van der Waals surface area (Å²) in [7, 11) is 0. The van der Waals surface area contributed by atoms with Crippen LogP contribution >= 0.6 is 0 Å². The standard InChI is InChI=1S/C18H13F4N5O3/c19-11-2-3-12(13(23)6-11)17(29)30-7-16(28)26-14-5-10(18(20,21)22)1-4-15(14)27-9-24-8-25-27/h1-6,8-9H,7,23H2,(H,26,28). The summed E-state index contributed by atoms with van der Waals surface area (Å²) < 4.78 is 58.1. The number of nitrogens with one attached hydrogen (secondary N) is 1. The molecule has 0 aliphatic heterocycles. The highest BCUT2D eigenvalue weighted by molar-refractivity contribution is 5.98. The van der Waals surface area contributed by atoms with Crippen molar-refractivity contribution >= 4 is 23.3 Å². The van der Waals surface area contributed by atoms with Gasteiger partial charge in [0.15, 0.2) is 6.61 Å². The van der Waals surface area contributed by atoms with Crippen LogP contribution in [0.4, 0.5) is 28.9 Å². The summed E-state index contributed by atoms with van der Waals surface area (Å²) in [5, 5.41) is 6.07. The van der Waals surface area contributed by atoms with Crippen molar-refractivity contribution in [1.29, 1.82) is 0 Å². The van der Waals surface area contributed by atoms with Gasteiger partial charge in [0.1, 0.15) is 18.5 Å². The molecule has 0 unspecified atom stereocenters. The fourth-order valence-electron chi connectivity index (χ4n) is 2.46. The summed E-state index contributed by atoms with van der Waals surface area (Å²) in [5.74, 6) is -2.57. The zero-order valence-electron chi connectivity index (χ0n) is 15.0. The zero-order valence-corrected chi connectivity index (χ0v) is 15.0. The Bertz CT molecular complexity index is 1080. The third kappa shape index (κ3) is 4.71. The molecule has 0 spiro atoms. The topological polar surface area (TPSA) is 112 Å². The van der Waals surface area contributed by atoms with Gasteiger partial charge in [0.2, 0.25) is 0 Å².